The van der Waals surface area contributed by atoms with Gasteiger partial charge in [0.1, 0.15) is 0 Å². The van der Waals surface area contributed by atoms with Crippen molar-refractivity contribution in [3.8, 4) is 0 Å². The van der Waals surface area contributed by atoms with E-state index in [0.717, 1.165) is 25.0 Å². The summed E-state index contributed by atoms with van der Waals surface area (Å²) in [5, 5.41) is 6.67. The number of nitrogens with one attached hydrogen (secondary N) is 2. The lowest BCUT2D eigenvalue weighted by Crippen LogP contribution is -2.43. The van der Waals surface area contributed by atoms with Crippen LogP contribution in [-0.2, 0) is 17.8 Å². The highest BCUT2D eigenvalue weighted by Crippen LogP contribution is 2.18. The summed E-state index contributed by atoms with van der Waals surface area (Å²) >= 11 is 0. The first kappa shape index (κ1) is 19.7. The Hall–Kier alpha value is -1.59. The summed E-state index contributed by atoms with van der Waals surface area (Å²) in [5.41, 5.74) is 2.66. The minimum Gasteiger partial charge on any atom is -0.383 e. The molecule has 2 N–H and O–H groups in total. The van der Waals surface area contributed by atoms with E-state index in [2.05, 4.69) is 58.6 Å². The van der Waals surface area contributed by atoms with Gasteiger partial charge in [-0.15, -0.1) is 0 Å². The van der Waals surface area contributed by atoms with Crippen LogP contribution in [0.25, 0.3) is 0 Å². The molecule has 0 radical (unpaired) electrons. The van der Waals surface area contributed by atoms with Crippen LogP contribution in [0.2, 0.25) is 0 Å². The van der Waals surface area contributed by atoms with Gasteiger partial charge in [-0.2, -0.15) is 0 Å². The summed E-state index contributed by atoms with van der Waals surface area (Å²) in [7, 11) is 3.50. The molecule has 1 aliphatic heterocycles. The number of aliphatic imine (C=N–C) groups is 1. The van der Waals surface area contributed by atoms with Crippen LogP contribution >= 0.6 is 0 Å². The first-order valence-electron chi connectivity index (χ1n) is 9.37. The molecular formula is C20H34N4O. The van der Waals surface area contributed by atoms with Crippen molar-refractivity contribution in [1.29, 1.82) is 0 Å². The van der Waals surface area contributed by atoms with Gasteiger partial charge in [-0.1, -0.05) is 31.2 Å². The molecule has 0 spiro atoms. The first-order valence-corrected chi connectivity index (χ1v) is 9.37. The van der Waals surface area contributed by atoms with Crippen LogP contribution in [-0.4, -0.2) is 50.8 Å². The Morgan fingerprint density at radius 3 is 2.68 bits per heavy atom. The maximum Gasteiger partial charge on any atom is 0.191 e. The maximum absolute atomic E-state index is 5.14. The normalized spacial score (nSPS) is 20.3. The number of likely N-dealkylation sites (tertiary alicyclic amines) is 1. The van der Waals surface area contributed by atoms with Crippen molar-refractivity contribution < 1.29 is 4.74 Å². The van der Waals surface area contributed by atoms with Gasteiger partial charge in [-0.05, 0) is 43.4 Å². The zero-order valence-corrected chi connectivity index (χ0v) is 16.2. The van der Waals surface area contributed by atoms with Gasteiger partial charge in [0.05, 0.1) is 6.61 Å². The molecule has 1 aromatic rings. The van der Waals surface area contributed by atoms with E-state index in [0.29, 0.717) is 6.61 Å². The lowest BCUT2D eigenvalue weighted by atomic mass is 9.99. The van der Waals surface area contributed by atoms with Crippen molar-refractivity contribution in [2.45, 2.75) is 45.8 Å². The van der Waals surface area contributed by atoms with Crippen LogP contribution < -0.4 is 10.6 Å². The molecular weight excluding hydrogens is 312 g/mol. The lowest BCUT2D eigenvalue weighted by Gasteiger charge is -2.30. The molecule has 1 saturated heterocycles. The van der Waals surface area contributed by atoms with Gasteiger partial charge in [0.2, 0.25) is 0 Å². The number of methoxy groups -OCH3 is 1. The van der Waals surface area contributed by atoms with Crippen LogP contribution in [0, 0.1) is 5.92 Å². The molecule has 5 heteroatoms. The third kappa shape index (κ3) is 7.04. The van der Waals surface area contributed by atoms with E-state index in [-0.39, 0.29) is 6.04 Å². The first-order chi connectivity index (χ1) is 12.1. The van der Waals surface area contributed by atoms with E-state index in [1.165, 1.54) is 37.1 Å². The van der Waals surface area contributed by atoms with E-state index in [9.17, 15) is 0 Å². The fourth-order valence-corrected chi connectivity index (χ4v) is 3.36. The molecule has 5 nitrogen and oxygen atoms in total. The van der Waals surface area contributed by atoms with E-state index >= 15 is 0 Å². The smallest absolute Gasteiger partial charge is 0.191 e. The number of guanidine groups is 1. The fourth-order valence-electron chi connectivity index (χ4n) is 3.36. The number of hydrogen-bond acceptors (Lipinski definition) is 3. The van der Waals surface area contributed by atoms with Gasteiger partial charge in [-0.3, -0.25) is 9.89 Å². The molecule has 2 unspecified atom stereocenters. The van der Waals surface area contributed by atoms with Gasteiger partial charge < -0.3 is 15.4 Å². The monoisotopic (exact) mass is 346 g/mol. The topological polar surface area (TPSA) is 48.9 Å². The SMILES string of the molecule is CN=C(NCc1ccc(CN2CCCC(C)C2)cc1)NC(C)COC. The second kappa shape index (κ2) is 10.4. The van der Waals surface area contributed by atoms with Gasteiger partial charge in [-0.25, -0.2) is 0 Å². The number of benzene rings is 1. The molecule has 140 valence electrons. The van der Waals surface area contributed by atoms with E-state index in [1.54, 1.807) is 14.2 Å². The Labute approximate surface area is 152 Å². The highest BCUT2D eigenvalue weighted by Gasteiger charge is 2.16. The van der Waals surface area contributed by atoms with E-state index in [1.807, 2.05) is 0 Å². The number of rotatable bonds is 7. The summed E-state index contributed by atoms with van der Waals surface area (Å²) in [6.45, 7) is 9.38. The second-order valence-corrected chi connectivity index (χ2v) is 7.23. The molecule has 1 aromatic carbocycles. The van der Waals surface area contributed by atoms with Crippen molar-refractivity contribution in [1.82, 2.24) is 15.5 Å². The average Bonchev–Trinajstić information content (AvgIpc) is 2.60. The third-order valence-electron chi connectivity index (χ3n) is 4.65. The molecule has 1 heterocycles. The Morgan fingerprint density at radius 1 is 1.32 bits per heavy atom. The van der Waals surface area contributed by atoms with Crippen molar-refractivity contribution >= 4 is 5.96 Å². The summed E-state index contributed by atoms with van der Waals surface area (Å²) < 4.78 is 5.14. The highest BCUT2D eigenvalue weighted by molar-refractivity contribution is 5.79. The van der Waals surface area contributed by atoms with Gasteiger partial charge in [0, 0.05) is 39.8 Å². The molecule has 2 rings (SSSR count). The summed E-state index contributed by atoms with van der Waals surface area (Å²) in [4.78, 5) is 6.83. The molecule has 0 bridgehead atoms. The van der Waals surface area contributed by atoms with Gasteiger partial charge in [0.25, 0.3) is 0 Å². The molecule has 0 amide bonds. The zero-order chi connectivity index (χ0) is 18.1. The van der Waals surface area contributed by atoms with Gasteiger partial charge in [0.15, 0.2) is 5.96 Å². The van der Waals surface area contributed by atoms with Crippen molar-refractivity contribution in [2.24, 2.45) is 10.9 Å². The minimum atomic E-state index is 0.227. The maximum atomic E-state index is 5.14. The molecule has 1 aliphatic rings. The Balaban J connectivity index is 1.79. The standard InChI is InChI=1S/C20H34N4O/c1-16-6-5-11-24(13-16)14-19-9-7-18(8-10-19)12-22-20(21-3)23-17(2)15-25-4/h7-10,16-17H,5-6,11-15H2,1-4H3,(H2,21,22,23). The zero-order valence-electron chi connectivity index (χ0n) is 16.2. The molecule has 0 saturated carbocycles. The number of ether oxygens (including phenoxy) is 1. The minimum absolute atomic E-state index is 0.227. The second-order valence-electron chi connectivity index (χ2n) is 7.23. The van der Waals surface area contributed by atoms with Crippen molar-refractivity contribution in [3.63, 3.8) is 0 Å². The van der Waals surface area contributed by atoms with Crippen LogP contribution in [0.4, 0.5) is 0 Å². The number of piperidine rings is 1. The summed E-state index contributed by atoms with van der Waals surface area (Å²) in [6.07, 6.45) is 2.70. The van der Waals surface area contributed by atoms with Crippen molar-refractivity contribution in [2.75, 3.05) is 33.9 Å². The predicted molar refractivity (Wildman–Crippen MR) is 105 cm³/mol. The summed E-state index contributed by atoms with van der Waals surface area (Å²) in [5.74, 6) is 1.63. The third-order valence-corrected chi connectivity index (χ3v) is 4.65. The van der Waals surface area contributed by atoms with Crippen LogP contribution in [0.15, 0.2) is 29.3 Å². The van der Waals surface area contributed by atoms with E-state index in [4.69, 9.17) is 4.74 Å². The number of nitrogens with zero attached hydrogens (tertiary/aromatic N) is 2. The Kier molecular flexibility index (Phi) is 8.22. The van der Waals surface area contributed by atoms with Crippen LogP contribution in [0.3, 0.4) is 0 Å². The lowest BCUT2D eigenvalue weighted by molar-refractivity contribution is 0.176. The van der Waals surface area contributed by atoms with E-state index < -0.39 is 0 Å². The average molecular weight is 347 g/mol. The van der Waals surface area contributed by atoms with Crippen molar-refractivity contribution in [3.05, 3.63) is 35.4 Å². The number of hydrogen-bond donors (Lipinski definition) is 2. The van der Waals surface area contributed by atoms with Crippen LogP contribution in [0.1, 0.15) is 37.8 Å². The largest absolute Gasteiger partial charge is 0.383 e. The summed E-state index contributed by atoms with van der Waals surface area (Å²) in [6, 6.07) is 9.15. The molecule has 25 heavy (non-hydrogen) atoms. The quantitative estimate of drug-likeness (QED) is 0.589. The Morgan fingerprint density at radius 2 is 2.04 bits per heavy atom. The van der Waals surface area contributed by atoms with Crippen LogP contribution in [0.5, 0.6) is 0 Å². The fraction of sp³-hybridized carbons (Fsp3) is 0.650. The Bertz CT molecular complexity index is 529. The predicted octanol–water partition coefficient (Wildman–Crippen LogP) is 2.62. The van der Waals surface area contributed by atoms with Gasteiger partial charge >= 0.3 is 0 Å². The molecule has 0 aromatic heterocycles. The molecule has 2 atom stereocenters. The molecule has 1 fully saturated rings. The highest BCUT2D eigenvalue weighted by atomic mass is 16.5. The molecule has 0 aliphatic carbocycles.